The molecule has 2 aliphatic heterocycles. The minimum atomic E-state index is -5.08. The second-order valence-corrected chi connectivity index (χ2v) is 8.32. The van der Waals surface area contributed by atoms with Crippen molar-refractivity contribution >= 4 is 18.0 Å². The van der Waals surface area contributed by atoms with E-state index in [1.165, 1.54) is 0 Å². The number of carboxylic acids is 2. The number of aliphatic carboxylic acids is 2. The Kier molecular flexibility index (Phi) is 13.9. The van der Waals surface area contributed by atoms with Crippen LogP contribution in [0.25, 0.3) is 0 Å². The molecule has 2 amide bonds. The van der Waals surface area contributed by atoms with Crippen LogP contribution in [0, 0.1) is 5.92 Å². The van der Waals surface area contributed by atoms with Gasteiger partial charge in [-0.05, 0) is 18.1 Å². The molecule has 0 aromatic carbocycles. The number of amides is 2. The van der Waals surface area contributed by atoms with Crippen molar-refractivity contribution in [3.63, 3.8) is 0 Å². The fraction of sp³-hybridized carbons (Fsp3) is 0.636. The molecule has 17 heteroatoms. The number of rotatable bonds is 5. The SMILES string of the molecule is COCCN1CCO[C@@H]2CN(C(=O)NCc3cccnc3)CC[C@@H]2C1.O=C(O)C(F)(F)F.O=C(O)C(F)(F)F. The average molecular weight is 576 g/mol. The normalized spacial score (nSPS) is 19.7. The number of urea groups is 1. The van der Waals surface area contributed by atoms with Gasteiger partial charge in [0.05, 0.1) is 19.3 Å². The monoisotopic (exact) mass is 576 g/mol. The van der Waals surface area contributed by atoms with Gasteiger partial charge in [0.15, 0.2) is 0 Å². The Hall–Kier alpha value is -3.18. The van der Waals surface area contributed by atoms with Crippen LogP contribution < -0.4 is 5.32 Å². The number of nitrogens with zero attached hydrogens (tertiary/aromatic N) is 3. The van der Waals surface area contributed by atoms with E-state index in [-0.39, 0.29) is 12.1 Å². The number of pyridine rings is 1. The molecule has 222 valence electrons. The Labute approximate surface area is 219 Å². The van der Waals surface area contributed by atoms with Crippen LogP contribution in [-0.4, -0.2) is 114 Å². The predicted molar refractivity (Wildman–Crippen MR) is 122 cm³/mol. The van der Waals surface area contributed by atoms with E-state index in [0.29, 0.717) is 19.0 Å². The van der Waals surface area contributed by atoms with Gasteiger partial charge in [0.2, 0.25) is 0 Å². The van der Waals surface area contributed by atoms with E-state index in [2.05, 4.69) is 15.2 Å². The largest absolute Gasteiger partial charge is 0.490 e. The van der Waals surface area contributed by atoms with Crippen molar-refractivity contribution in [1.29, 1.82) is 0 Å². The molecule has 0 bridgehead atoms. The lowest BCUT2D eigenvalue weighted by Gasteiger charge is -2.38. The third-order valence-electron chi connectivity index (χ3n) is 5.48. The summed E-state index contributed by atoms with van der Waals surface area (Å²) in [4.78, 5) is 38.6. The molecule has 2 fully saturated rings. The summed E-state index contributed by atoms with van der Waals surface area (Å²) in [5.41, 5.74) is 1.00. The molecule has 0 spiro atoms. The molecule has 1 aromatic heterocycles. The first-order valence-electron chi connectivity index (χ1n) is 11.5. The first-order chi connectivity index (χ1) is 18.1. The maximum absolute atomic E-state index is 12.4. The Bertz CT molecular complexity index is 881. The Morgan fingerprint density at radius 2 is 1.72 bits per heavy atom. The maximum Gasteiger partial charge on any atom is 0.490 e. The van der Waals surface area contributed by atoms with Crippen LogP contribution in [0.5, 0.6) is 0 Å². The van der Waals surface area contributed by atoms with E-state index in [0.717, 1.165) is 51.4 Å². The van der Waals surface area contributed by atoms with Gasteiger partial charge >= 0.3 is 30.3 Å². The van der Waals surface area contributed by atoms with Gasteiger partial charge < -0.3 is 29.9 Å². The molecule has 0 saturated carbocycles. The molecule has 0 unspecified atom stereocenters. The lowest BCUT2D eigenvalue weighted by atomic mass is 9.93. The van der Waals surface area contributed by atoms with E-state index in [1.54, 1.807) is 19.5 Å². The molecule has 3 rings (SSSR count). The number of ether oxygens (including phenoxy) is 2. The molecule has 3 N–H and O–H groups in total. The minimum absolute atomic E-state index is 0.0219. The number of halogens is 6. The molecule has 11 nitrogen and oxygen atoms in total. The lowest BCUT2D eigenvalue weighted by molar-refractivity contribution is -0.193. The summed E-state index contributed by atoms with van der Waals surface area (Å²) in [6, 6.07) is 3.82. The summed E-state index contributed by atoms with van der Waals surface area (Å²) in [7, 11) is 1.74. The molecule has 39 heavy (non-hydrogen) atoms. The number of carbonyl (C=O) groups excluding carboxylic acids is 1. The van der Waals surface area contributed by atoms with E-state index in [1.807, 2.05) is 17.0 Å². The van der Waals surface area contributed by atoms with Gasteiger partial charge in [-0.2, -0.15) is 26.3 Å². The number of alkyl halides is 6. The quantitative estimate of drug-likeness (QED) is 0.450. The molecule has 1 aromatic rings. The standard InChI is InChI=1S/C18H28N4O3.2C2HF3O2/c1-24-9-7-21-8-10-25-17-14-22(6-4-16(17)13-21)18(23)20-12-15-3-2-5-19-11-15;2*3-2(4,5)1(6)7/h2-3,5,11,16-17H,4,6-10,12-14H2,1H3,(H,20,23);2*(H,6,7)/t16-,17-;;/m1../s1. The van der Waals surface area contributed by atoms with Crippen molar-refractivity contribution in [3.8, 4) is 0 Å². The zero-order chi connectivity index (χ0) is 29.6. The molecule has 0 radical (unpaired) electrons. The van der Waals surface area contributed by atoms with Gasteiger partial charge in [-0.15, -0.1) is 0 Å². The van der Waals surface area contributed by atoms with Crippen molar-refractivity contribution in [2.45, 2.75) is 31.4 Å². The number of hydrogen-bond donors (Lipinski definition) is 3. The van der Waals surface area contributed by atoms with Gasteiger partial charge in [0.1, 0.15) is 0 Å². The van der Waals surface area contributed by atoms with Gasteiger partial charge in [0.25, 0.3) is 0 Å². The summed E-state index contributed by atoms with van der Waals surface area (Å²) in [6.07, 6.45) is -5.55. The van der Waals surface area contributed by atoms with Crippen molar-refractivity contribution in [2.24, 2.45) is 5.92 Å². The van der Waals surface area contributed by atoms with E-state index in [9.17, 15) is 31.1 Å². The highest BCUT2D eigenvalue weighted by atomic mass is 19.4. The smallest absolute Gasteiger partial charge is 0.475 e. The van der Waals surface area contributed by atoms with Crippen LogP contribution >= 0.6 is 0 Å². The highest BCUT2D eigenvalue weighted by Gasteiger charge is 2.39. The highest BCUT2D eigenvalue weighted by molar-refractivity contribution is 5.74. The van der Waals surface area contributed by atoms with Crippen molar-refractivity contribution in [1.82, 2.24) is 20.1 Å². The summed E-state index contributed by atoms with van der Waals surface area (Å²) in [6.45, 7) is 6.32. The third kappa shape index (κ3) is 13.4. The fourth-order valence-corrected chi connectivity index (χ4v) is 3.52. The number of piperidine rings is 1. The lowest BCUT2D eigenvalue weighted by Crippen LogP contribution is -2.51. The Morgan fingerprint density at radius 3 is 2.23 bits per heavy atom. The zero-order valence-corrected chi connectivity index (χ0v) is 20.9. The number of carbonyl (C=O) groups is 3. The molecule has 2 aliphatic rings. The third-order valence-corrected chi connectivity index (χ3v) is 5.48. The number of aromatic nitrogens is 1. The van der Waals surface area contributed by atoms with Crippen molar-refractivity contribution < 1.29 is 60.4 Å². The molecular weight excluding hydrogens is 546 g/mol. The van der Waals surface area contributed by atoms with Gasteiger partial charge in [-0.25, -0.2) is 14.4 Å². The number of carboxylic acid groups (broad SMARTS) is 2. The van der Waals surface area contributed by atoms with Crippen LogP contribution in [-0.2, 0) is 25.6 Å². The van der Waals surface area contributed by atoms with Crippen LogP contribution in [0.2, 0.25) is 0 Å². The second-order valence-electron chi connectivity index (χ2n) is 8.32. The molecule has 0 aliphatic carbocycles. The summed E-state index contributed by atoms with van der Waals surface area (Å²) in [5, 5.41) is 17.2. The predicted octanol–water partition coefficient (Wildman–Crippen LogP) is 2.23. The van der Waals surface area contributed by atoms with E-state index < -0.39 is 24.3 Å². The molecule has 2 saturated heterocycles. The first kappa shape index (κ1) is 33.8. The van der Waals surface area contributed by atoms with Gasteiger partial charge in [-0.3, -0.25) is 9.88 Å². The van der Waals surface area contributed by atoms with Crippen LogP contribution in [0.4, 0.5) is 31.1 Å². The topological polar surface area (TPSA) is 142 Å². The maximum atomic E-state index is 12.4. The summed E-state index contributed by atoms with van der Waals surface area (Å²) in [5.74, 6) is -5.03. The van der Waals surface area contributed by atoms with Gasteiger partial charge in [-0.1, -0.05) is 6.07 Å². The molecule has 3 heterocycles. The van der Waals surface area contributed by atoms with Crippen LogP contribution in [0.15, 0.2) is 24.5 Å². The number of fused-ring (bicyclic) bond motifs is 1. The molecule has 2 atom stereocenters. The Morgan fingerprint density at radius 1 is 1.10 bits per heavy atom. The molecular formula is C22H30F6N4O7. The number of likely N-dealkylation sites (tertiary alicyclic amines) is 1. The zero-order valence-electron chi connectivity index (χ0n) is 20.9. The van der Waals surface area contributed by atoms with E-state index >= 15 is 0 Å². The summed E-state index contributed by atoms with van der Waals surface area (Å²) >= 11 is 0. The van der Waals surface area contributed by atoms with E-state index in [4.69, 9.17) is 29.3 Å². The average Bonchev–Trinajstić information content (AvgIpc) is 3.07. The number of hydrogen-bond acceptors (Lipinski definition) is 7. The minimum Gasteiger partial charge on any atom is -0.475 e. The second kappa shape index (κ2) is 16.0. The number of nitrogens with one attached hydrogen (secondary N) is 1. The summed E-state index contributed by atoms with van der Waals surface area (Å²) < 4.78 is 74.7. The van der Waals surface area contributed by atoms with Crippen molar-refractivity contribution in [2.75, 3.05) is 53.0 Å². The highest BCUT2D eigenvalue weighted by Crippen LogP contribution is 2.24. The number of methoxy groups -OCH3 is 1. The van der Waals surface area contributed by atoms with Crippen molar-refractivity contribution in [3.05, 3.63) is 30.1 Å². The first-order valence-corrected chi connectivity index (χ1v) is 11.5. The van der Waals surface area contributed by atoms with Crippen LogP contribution in [0.1, 0.15) is 12.0 Å². The fourth-order valence-electron chi connectivity index (χ4n) is 3.52. The Balaban J connectivity index is 0.000000449. The van der Waals surface area contributed by atoms with Gasteiger partial charge in [0, 0.05) is 64.7 Å². The van der Waals surface area contributed by atoms with Crippen LogP contribution in [0.3, 0.4) is 0 Å².